The predicted octanol–water partition coefficient (Wildman–Crippen LogP) is 1.79. The Hall–Kier alpha value is -0.840. The summed E-state index contributed by atoms with van der Waals surface area (Å²) >= 11 is 3.26. The van der Waals surface area contributed by atoms with Gasteiger partial charge in [-0.2, -0.15) is 0 Å². The molecule has 0 aromatic carbocycles. The maximum Gasteiger partial charge on any atom is 0.360 e. The van der Waals surface area contributed by atoms with Crippen LogP contribution in [0, 0.1) is 0 Å². The second kappa shape index (κ2) is 5.01. The van der Waals surface area contributed by atoms with Gasteiger partial charge in [0.05, 0.1) is 6.61 Å². The molecule has 0 fully saturated rings. The van der Waals surface area contributed by atoms with Gasteiger partial charge in [0.25, 0.3) is 0 Å². The Morgan fingerprint density at radius 3 is 3.15 bits per heavy atom. The highest BCUT2D eigenvalue weighted by atomic mass is 79.9. The van der Waals surface area contributed by atoms with Crippen LogP contribution in [0.2, 0.25) is 0 Å². The van der Waals surface area contributed by atoms with E-state index >= 15 is 0 Å². The Morgan fingerprint density at radius 1 is 1.77 bits per heavy atom. The summed E-state index contributed by atoms with van der Waals surface area (Å²) in [6.07, 6.45) is 0.715. The maximum absolute atomic E-state index is 11.1. The number of alkyl halides is 1. The third kappa shape index (κ3) is 2.84. The average molecular weight is 248 g/mol. The molecule has 0 aliphatic rings. The first-order chi connectivity index (χ1) is 6.27. The molecule has 1 rings (SSSR count). The molecule has 0 spiro atoms. The Morgan fingerprint density at radius 2 is 2.54 bits per heavy atom. The topological polar surface area (TPSA) is 52.3 Å². The fraction of sp³-hybridized carbons (Fsp3) is 0.500. The molecule has 0 bridgehead atoms. The molecule has 0 atom stereocenters. The highest BCUT2D eigenvalue weighted by Gasteiger charge is 2.12. The summed E-state index contributed by atoms with van der Waals surface area (Å²) in [5.74, 6) is 0.243. The zero-order chi connectivity index (χ0) is 9.68. The van der Waals surface area contributed by atoms with E-state index in [9.17, 15) is 4.79 Å². The first-order valence-corrected chi connectivity index (χ1v) is 5.08. The number of halogens is 1. The van der Waals surface area contributed by atoms with Crippen molar-refractivity contribution in [1.82, 2.24) is 5.16 Å². The number of carbonyl (C=O) groups is 1. The van der Waals surface area contributed by atoms with Crippen molar-refractivity contribution in [2.45, 2.75) is 13.3 Å². The Balaban J connectivity index is 2.62. The van der Waals surface area contributed by atoms with Crippen LogP contribution < -0.4 is 0 Å². The normalized spacial score (nSPS) is 10.0. The largest absolute Gasteiger partial charge is 0.461 e. The molecule has 1 aromatic heterocycles. The Bertz CT molecular complexity index is 285. The molecule has 0 unspecified atom stereocenters. The van der Waals surface area contributed by atoms with E-state index in [1.54, 1.807) is 13.0 Å². The fourth-order valence-corrected chi connectivity index (χ4v) is 1.22. The molecule has 0 saturated carbocycles. The van der Waals surface area contributed by atoms with Gasteiger partial charge in [-0.1, -0.05) is 21.1 Å². The summed E-state index contributed by atoms with van der Waals surface area (Å²) in [7, 11) is 0. The molecule has 0 radical (unpaired) electrons. The highest BCUT2D eigenvalue weighted by molar-refractivity contribution is 9.09. The lowest BCUT2D eigenvalue weighted by Gasteiger charge is -1.94. The van der Waals surface area contributed by atoms with Crippen LogP contribution in [0.3, 0.4) is 0 Å². The number of esters is 1. The lowest BCUT2D eigenvalue weighted by molar-refractivity contribution is 0.0514. The molecule has 5 heteroatoms. The zero-order valence-electron chi connectivity index (χ0n) is 7.25. The summed E-state index contributed by atoms with van der Waals surface area (Å²) in [4.78, 5) is 11.1. The second-order valence-electron chi connectivity index (χ2n) is 2.34. The van der Waals surface area contributed by atoms with Gasteiger partial charge in [-0.3, -0.25) is 0 Å². The molecule has 0 saturated heterocycles. The van der Waals surface area contributed by atoms with Crippen LogP contribution in [0.1, 0.15) is 23.2 Å². The summed E-state index contributed by atoms with van der Waals surface area (Å²) in [6.45, 7) is 2.09. The third-order valence-electron chi connectivity index (χ3n) is 1.38. The molecule has 1 heterocycles. The lowest BCUT2D eigenvalue weighted by atomic mass is 10.3. The van der Waals surface area contributed by atoms with E-state index in [2.05, 4.69) is 21.1 Å². The first-order valence-electron chi connectivity index (χ1n) is 3.96. The van der Waals surface area contributed by atoms with E-state index < -0.39 is 5.97 Å². The van der Waals surface area contributed by atoms with Crippen LogP contribution in [0.15, 0.2) is 10.6 Å². The number of nitrogens with zero attached hydrogens (tertiary/aromatic N) is 1. The summed E-state index contributed by atoms with van der Waals surface area (Å²) in [6, 6.07) is 1.60. The van der Waals surface area contributed by atoms with Crippen molar-refractivity contribution in [3.63, 3.8) is 0 Å². The Labute approximate surface area is 84.4 Å². The van der Waals surface area contributed by atoms with Crippen molar-refractivity contribution in [1.29, 1.82) is 0 Å². The highest BCUT2D eigenvalue weighted by Crippen LogP contribution is 2.06. The SMILES string of the molecule is CCOC(=O)c1cc(CCBr)on1. The third-order valence-corrected chi connectivity index (χ3v) is 1.78. The van der Waals surface area contributed by atoms with Crippen LogP contribution in [-0.2, 0) is 11.2 Å². The minimum atomic E-state index is -0.438. The maximum atomic E-state index is 11.1. The zero-order valence-corrected chi connectivity index (χ0v) is 8.83. The van der Waals surface area contributed by atoms with Crippen molar-refractivity contribution in [2.24, 2.45) is 0 Å². The number of ether oxygens (including phenoxy) is 1. The number of rotatable bonds is 4. The van der Waals surface area contributed by atoms with Crippen molar-refractivity contribution < 1.29 is 14.1 Å². The van der Waals surface area contributed by atoms with E-state index in [1.807, 2.05) is 0 Å². The quantitative estimate of drug-likeness (QED) is 0.602. The van der Waals surface area contributed by atoms with Gasteiger partial charge in [0.1, 0.15) is 5.76 Å². The predicted molar refractivity (Wildman–Crippen MR) is 50.0 cm³/mol. The first kappa shape index (κ1) is 10.2. The summed E-state index contributed by atoms with van der Waals surface area (Å²) in [5, 5.41) is 4.37. The molecule has 0 aliphatic heterocycles. The van der Waals surface area contributed by atoms with Crippen molar-refractivity contribution in [2.75, 3.05) is 11.9 Å². The van der Waals surface area contributed by atoms with E-state index in [1.165, 1.54) is 0 Å². The van der Waals surface area contributed by atoms with Gasteiger partial charge in [-0.25, -0.2) is 4.79 Å². The van der Waals surface area contributed by atoms with Gasteiger partial charge in [-0.05, 0) is 6.92 Å². The molecular weight excluding hydrogens is 238 g/mol. The van der Waals surface area contributed by atoms with Gasteiger partial charge in [0.2, 0.25) is 0 Å². The number of aromatic nitrogens is 1. The van der Waals surface area contributed by atoms with Crippen LogP contribution in [-0.4, -0.2) is 23.1 Å². The monoisotopic (exact) mass is 247 g/mol. The number of hydrogen-bond donors (Lipinski definition) is 0. The minimum absolute atomic E-state index is 0.234. The van der Waals surface area contributed by atoms with Gasteiger partial charge in [-0.15, -0.1) is 0 Å². The van der Waals surface area contributed by atoms with E-state index in [4.69, 9.17) is 9.26 Å². The number of aryl methyl sites for hydroxylation is 1. The number of hydrogen-bond acceptors (Lipinski definition) is 4. The van der Waals surface area contributed by atoms with E-state index in [-0.39, 0.29) is 5.69 Å². The smallest absolute Gasteiger partial charge is 0.360 e. The van der Waals surface area contributed by atoms with Crippen molar-refractivity contribution >= 4 is 21.9 Å². The molecule has 0 aliphatic carbocycles. The molecule has 1 aromatic rings. The van der Waals surface area contributed by atoms with Gasteiger partial charge >= 0.3 is 5.97 Å². The fourth-order valence-electron chi connectivity index (χ4n) is 0.825. The van der Waals surface area contributed by atoms with Crippen molar-refractivity contribution in [3.05, 3.63) is 17.5 Å². The van der Waals surface area contributed by atoms with Crippen LogP contribution in [0.5, 0.6) is 0 Å². The van der Waals surface area contributed by atoms with Gasteiger partial charge in [0, 0.05) is 17.8 Å². The molecule has 0 amide bonds. The lowest BCUT2D eigenvalue weighted by Crippen LogP contribution is -2.04. The van der Waals surface area contributed by atoms with Crippen LogP contribution in [0.4, 0.5) is 0 Å². The van der Waals surface area contributed by atoms with Gasteiger partial charge < -0.3 is 9.26 Å². The molecule has 72 valence electrons. The van der Waals surface area contributed by atoms with E-state index in [0.29, 0.717) is 18.8 Å². The van der Waals surface area contributed by atoms with Crippen LogP contribution in [0.25, 0.3) is 0 Å². The molecule has 4 nitrogen and oxygen atoms in total. The van der Waals surface area contributed by atoms with Crippen molar-refractivity contribution in [3.8, 4) is 0 Å². The molecule has 0 N–H and O–H groups in total. The Kier molecular flexibility index (Phi) is 3.95. The van der Waals surface area contributed by atoms with Crippen LogP contribution >= 0.6 is 15.9 Å². The van der Waals surface area contributed by atoms with E-state index in [0.717, 1.165) is 5.33 Å². The molecule has 13 heavy (non-hydrogen) atoms. The minimum Gasteiger partial charge on any atom is -0.461 e. The number of carbonyl (C=O) groups excluding carboxylic acids is 1. The average Bonchev–Trinajstić information content (AvgIpc) is 2.54. The standard InChI is InChI=1S/C8H10BrNO3/c1-2-12-8(11)7-5-6(3-4-9)13-10-7/h5H,2-4H2,1H3. The second-order valence-corrected chi connectivity index (χ2v) is 3.13. The van der Waals surface area contributed by atoms with Gasteiger partial charge in [0.15, 0.2) is 5.69 Å². The summed E-state index contributed by atoms with van der Waals surface area (Å²) < 4.78 is 9.64. The molecular formula is C8H10BrNO3. The summed E-state index contributed by atoms with van der Waals surface area (Å²) in [5.41, 5.74) is 0.234.